The van der Waals surface area contributed by atoms with E-state index in [4.69, 9.17) is 9.47 Å². The predicted molar refractivity (Wildman–Crippen MR) is 66.9 cm³/mol. The van der Waals surface area contributed by atoms with Crippen LogP contribution >= 0.6 is 0 Å². The molecule has 1 fully saturated rings. The molecule has 4 unspecified atom stereocenters. The van der Waals surface area contributed by atoms with Gasteiger partial charge in [0.2, 0.25) is 5.91 Å². The maximum absolute atomic E-state index is 12.3. The lowest BCUT2D eigenvalue weighted by atomic mass is 9.88. The Hall–Kier alpha value is -1.10. The summed E-state index contributed by atoms with van der Waals surface area (Å²) in [6.45, 7) is 7.96. The Labute approximate surface area is 108 Å². The first-order valence-electron chi connectivity index (χ1n) is 6.44. The summed E-state index contributed by atoms with van der Waals surface area (Å²) in [5.74, 6) is -0.440. The van der Waals surface area contributed by atoms with Crippen molar-refractivity contribution in [2.45, 2.75) is 39.9 Å². The van der Waals surface area contributed by atoms with Gasteiger partial charge in [-0.3, -0.25) is 9.59 Å². The van der Waals surface area contributed by atoms with Crippen LogP contribution in [-0.4, -0.2) is 49.2 Å². The second-order valence-electron chi connectivity index (χ2n) is 4.93. The summed E-state index contributed by atoms with van der Waals surface area (Å²) in [7, 11) is 1.63. The molecule has 1 rings (SSSR count). The van der Waals surface area contributed by atoms with Gasteiger partial charge in [-0.05, 0) is 26.7 Å². The maximum atomic E-state index is 12.3. The standard InChI is InChI=1S/C13H23NO4/c1-6-17-11(15)7-14(5)13(16)12-8(2)9(3)18-10(12)4/h8-10,12H,6-7H2,1-5H3. The number of esters is 1. The van der Waals surface area contributed by atoms with E-state index in [1.54, 1.807) is 14.0 Å². The number of amides is 1. The van der Waals surface area contributed by atoms with Crippen LogP contribution in [0, 0.1) is 11.8 Å². The van der Waals surface area contributed by atoms with Crippen molar-refractivity contribution in [1.29, 1.82) is 0 Å². The largest absolute Gasteiger partial charge is 0.465 e. The van der Waals surface area contributed by atoms with Gasteiger partial charge in [0, 0.05) is 7.05 Å². The zero-order chi connectivity index (χ0) is 13.9. The van der Waals surface area contributed by atoms with Crippen LogP contribution in [0.25, 0.3) is 0 Å². The summed E-state index contributed by atoms with van der Waals surface area (Å²) in [5.41, 5.74) is 0. The number of nitrogens with zero attached hydrogens (tertiary/aromatic N) is 1. The second-order valence-corrected chi connectivity index (χ2v) is 4.93. The molecule has 1 amide bonds. The summed E-state index contributed by atoms with van der Waals surface area (Å²) in [4.78, 5) is 25.1. The molecule has 104 valence electrons. The SMILES string of the molecule is CCOC(=O)CN(C)C(=O)C1C(C)OC(C)C1C. The highest BCUT2D eigenvalue weighted by Gasteiger charge is 2.42. The molecule has 1 aliphatic heterocycles. The van der Waals surface area contributed by atoms with E-state index in [0.717, 1.165) is 0 Å². The van der Waals surface area contributed by atoms with Crippen LogP contribution in [0.4, 0.5) is 0 Å². The number of carbonyl (C=O) groups excluding carboxylic acids is 2. The third kappa shape index (κ3) is 3.22. The number of likely N-dealkylation sites (N-methyl/N-ethyl adjacent to an activating group) is 1. The molecule has 0 aromatic heterocycles. The van der Waals surface area contributed by atoms with E-state index in [1.165, 1.54) is 4.90 Å². The molecule has 1 heterocycles. The van der Waals surface area contributed by atoms with Crippen molar-refractivity contribution in [1.82, 2.24) is 4.90 Å². The van der Waals surface area contributed by atoms with Gasteiger partial charge in [-0.25, -0.2) is 0 Å². The highest BCUT2D eigenvalue weighted by atomic mass is 16.5. The van der Waals surface area contributed by atoms with Gasteiger partial charge >= 0.3 is 5.97 Å². The predicted octanol–water partition coefficient (Wildman–Crippen LogP) is 1.07. The van der Waals surface area contributed by atoms with E-state index in [1.807, 2.05) is 20.8 Å². The minimum absolute atomic E-state index is 0.00298. The lowest BCUT2D eigenvalue weighted by Crippen LogP contribution is -2.41. The van der Waals surface area contributed by atoms with Crippen molar-refractivity contribution in [2.75, 3.05) is 20.2 Å². The average Bonchev–Trinajstić information content (AvgIpc) is 2.52. The molecule has 4 atom stereocenters. The quantitative estimate of drug-likeness (QED) is 0.707. The van der Waals surface area contributed by atoms with Crippen LogP contribution in [0.15, 0.2) is 0 Å². The highest BCUT2D eigenvalue weighted by molar-refractivity contribution is 5.84. The molecule has 0 saturated carbocycles. The molecule has 5 nitrogen and oxygen atoms in total. The first kappa shape index (κ1) is 15.0. The first-order valence-corrected chi connectivity index (χ1v) is 6.44. The normalized spacial score (nSPS) is 31.2. The first-order chi connectivity index (χ1) is 8.38. The Balaban J connectivity index is 2.61. The fourth-order valence-corrected chi connectivity index (χ4v) is 2.42. The monoisotopic (exact) mass is 257 g/mol. The van der Waals surface area contributed by atoms with Crippen LogP contribution in [0.2, 0.25) is 0 Å². The highest BCUT2D eigenvalue weighted by Crippen LogP contribution is 2.33. The molecule has 1 saturated heterocycles. The molecule has 0 N–H and O–H groups in total. The minimum Gasteiger partial charge on any atom is -0.465 e. The van der Waals surface area contributed by atoms with E-state index in [2.05, 4.69) is 0 Å². The van der Waals surface area contributed by atoms with Gasteiger partial charge in [0.25, 0.3) is 0 Å². The fraction of sp³-hybridized carbons (Fsp3) is 0.846. The number of rotatable bonds is 4. The minimum atomic E-state index is -0.374. The van der Waals surface area contributed by atoms with Crippen LogP contribution < -0.4 is 0 Å². The Kier molecular flexibility index (Phi) is 5.14. The topological polar surface area (TPSA) is 55.8 Å². The smallest absolute Gasteiger partial charge is 0.325 e. The van der Waals surface area contributed by atoms with Gasteiger partial charge < -0.3 is 14.4 Å². The van der Waals surface area contributed by atoms with E-state index < -0.39 is 0 Å². The van der Waals surface area contributed by atoms with Gasteiger partial charge in [-0.2, -0.15) is 0 Å². The Morgan fingerprint density at radius 1 is 1.22 bits per heavy atom. The third-order valence-corrected chi connectivity index (χ3v) is 3.57. The van der Waals surface area contributed by atoms with Gasteiger partial charge in [0.05, 0.1) is 24.7 Å². The molecule has 0 radical (unpaired) electrons. The Bertz CT molecular complexity index is 318. The van der Waals surface area contributed by atoms with Crippen LogP contribution in [-0.2, 0) is 19.1 Å². The van der Waals surface area contributed by atoms with E-state index in [-0.39, 0.29) is 42.5 Å². The van der Waals surface area contributed by atoms with Crippen molar-refractivity contribution in [2.24, 2.45) is 11.8 Å². The molecular weight excluding hydrogens is 234 g/mol. The van der Waals surface area contributed by atoms with E-state index in [0.29, 0.717) is 6.61 Å². The van der Waals surface area contributed by atoms with Crippen molar-refractivity contribution < 1.29 is 19.1 Å². The number of hydrogen-bond donors (Lipinski definition) is 0. The average molecular weight is 257 g/mol. The van der Waals surface area contributed by atoms with Gasteiger partial charge in [0.15, 0.2) is 0 Å². The summed E-state index contributed by atoms with van der Waals surface area (Å²) in [6, 6.07) is 0. The molecule has 0 aliphatic carbocycles. The molecule has 5 heteroatoms. The summed E-state index contributed by atoms with van der Waals surface area (Å²) >= 11 is 0. The molecule has 0 bridgehead atoms. The van der Waals surface area contributed by atoms with Crippen LogP contribution in [0.1, 0.15) is 27.7 Å². The zero-order valence-electron chi connectivity index (χ0n) is 11.8. The van der Waals surface area contributed by atoms with E-state index in [9.17, 15) is 9.59 Å². The van der Waals surface area contributed by atoms with Crippen LogP contribution in [0.3, 0.4) is 0 Å². The number of ether oxygens (including phenoxy) is 2. The molecule has 0 aromatic carbocycles. The van der Waals surface area contributed by atoms with E-state index >= 15 is 0 Å². The third-order valence-electron chi connectivity index (χ3n) is 3.57. The molecular formula is C13H23NO4. The molecule has 1 aliphatic rings. The number of hydrogen-bond acceptors (Lipinski definition) is 4. The molecule has 0 spiro atoms. The summed E-state index contributed by atoms with van der Waals surface area (Å²) in [6.07, 6.45) is -0.0305. The van der Waals surface area contributed by atoms with Crippen molar-refractivity contribution in [3.05, 3.63) is 0 Å². The van der Waals surface area contributed by atoms with Gasteiger partial charge in [-0.15, -0.1) is 0 Å². The van der Waals surface area contributed by atoms with Crippen molar-refractivity contribution in [3.8, 4) is 0 Å². The van der Waals surface area contributed by atoms with Gasteiger partial charge in [0.1, 0.15) is 6.54 Å². The second kappa shape index (κ2) is 6.18. The van der Waals surface area contributed by atoms with Crippen molar-refractivity contribution >= 4 is 11.9 Å². The Morgan fingerprint density at radius 2 is 1.83 bits per heavy atom. The molecule has 0 aromatic rings. The van der Waals surface area contributed by atoms with Crippen molar-refractivity contribution in [3.63, 3.8) is 0 Å². The maximum Gasteiger partial charge on any atom is 0.325 e. The fourth-order valence-electron chi connectivity index (χ4n) is 2.42. The lowest BCUT2D eigenvalue weighted by molar-refractivity contribution is -0.150. The van der Waals surface area contributed by atoms with Gasteiger partial charge in [-0.1, -0.05) is 6.92 Å². The number of carbonyl (C=O) groups is 2. The lowest BCUT2D eigenvalue weighted by Gasteiger charge is -2.24. The molecule has 18 heavy (non-hydrogen) atoms. The Morgan fingerprint density at radius 3 is 2.28 bits per heavy atom. The zero-order valence-corrected chi connectivity index (χ0v) is 11.8. The summed E-state index contributed by atoms with van der Waals surface area (Å²) in [5, 5.41) is 0. The summed E-state index contributed by atoms with van der Waals surface area (Å²) < 4.78 is 10.5. The van der Waals surface area contributed by atoms with Crippen LogP contribution in [0.5, 0.6) is 0 Å².